The Balaban J connectivity index is 0.00000169. The second-order valence-electron chi connectivity index (χ2n) is 5.71. The van der Waals surface area contributed by atoms with E-state index in [0.717, 1.165) is 22.4 Å². The third kappa shape index (κ3) is 2.60. The predicted molar refractivity (Wildman–Crippen MR) is 98.3 cm³/mol. The summed E-state index contributed by atoms with van der Waals surface area (Å²) in [7, 11) is -2.18. The van der Waals surface area contributed by atoms with Crippen molar-refractivity contribution < 1.29 is 16.0 Å². The minimum absolute atomic E-state index is 0. The van der Waals surface area contributed by atoms with Crippen molar-refractivity contribution in [2.75, 3.05) is 12.4 Å². The molecule has 0 aromatic heterocycles. The Hall–Kier alpha value is -2.54. The summed E-state index contributed by atoms with van der Waals surface area (Å²) in [5.74, 6) is 0.536. The molecule has 130 valence electrons. The van der Waals surface area contributed by atoms with Gasteiger partial charge in [0.05, 0.1) is 12.8 Å². The normalized spacial score (nSPS) is 16.5. The molecular weight excluding hydrogens is 326 g/mol. The maximum atomic E-state index is 12.3. The van der Waals surface area contributed by atoms with Gasteiger partial charge >= 0.3 is 0 Å². The Morgan fingerprint density at radius 2 is 1.96 bits per heavy atom. The number of nitrogens with one attached hydrogen (secondary N) is 1. The van der Waals surface area contributed by atoms with E-state index in [1.54, 1.807) is 19.2 Å². The van der Waals surface area contributed by atoms with Crippen LogP contribution in [-0.4, -0.2) is 21.5 Å². The number of ether oxygens (including phenoxy) is 1. The van der Waals surface area contributed by atoms with Crippen LogP contribution in [0.2, 0.25) is 0 Å². The lowest BCUT2D eigenvalue weighted by atomic mass is 9.88. The fourth-order valence-corrected chi connectivity index (χ4v) is 4.18. The molecule has 7 heteroatoms. The van der Waals surface area contributed by atoms with E-state index in [4.69, 9.17) is 10.5 Å². The van der Waals surface area contributed by atoms with Gasteiger partial charge in [-0.1, -0.05) is 31.2 Å². The smallest absolute Gasteiger partial charge is 0.287 e. The van der Waals surface area contributed by atoms with Crippen LogP contribution in [-0.2, 0) is 10.0 Å². The monoisotopic (exact) mass is 349 g/mol. The van der Waals surface area contributed by atoms with Gasteiger partial charge in [-0.05, 0) is 30.2 Å². The zero-order valence-corrected chi connectivity index (χ0v) is 14.5. The van der Waals surface area contributed by atoms with Gasteiger partial charge in [0.25, 0.3) is 10.0 Å². The van der Waals surface area contributed by atoms with Crippen LogP contribution in [0.3, 0.4) is 0 Å². The van der Waals surface area contributed by atoms with Crippen molar-refractivity contribution in [1.82, 2.24) is 0 Å². The van der Waals surface area contributed by atoms with Gasteiger partial charge in [-0.2, -0.15) is 8.42 Å². The standard InChI is InChI=1S/C17H19N3O3S.2H2/c1-10-8-9-14-16(19-17(18)20-24(14,21)22)15(10)11(2)12-6-4-5-7-13(12)23-3;;/h4-9,11H,1-3H3,(H3,18,19,20);2*1H/t11-;;/m1../s1. The first kappa shape index (κ1) is 16.3. The molecule has 2 aromatic rings. The Bertz CT molecular complexity index is 946. The summed E-state index contributed by atoms with van der Waals surface area (Å²) in [4.78, 5) is 0.138. The summed E-state index contributed by atoms with van der Waals surface area (Å²) < 4.78 is 33.6. The van der Waals surface area contributed by atoms with Crippen LogP contribution in [0.4, 0.5) is 5.69 Å². The van der Waals surface area contributed by atoms with E-state index in [9.17, 15) is 8.42 Å². The number of nitrogens with two attached hydrogens (primary N) is 1. The lowest BCUT2D eigenvalue weighted by Crippen LogP contribution is -2.30. The van der Waals surface area contributed by atoms with Crippen LogP contribution < -0.4 is 15.8 Å². The number of hydrogen-bond acceptors (Lipinski definition) is 5. The van der Waals surface area contributed by atoms with Gasteiger partial charge in [-0.3, -0.25) is 0 Å². The van der Waals surface area contributed by atoms with Crippen LogP contribution in [0.15, 0.2) is 45.7 Å². The van der Waals surface area contributed by atoms with Gasteiger partial charge in [0.1, 0.15) is 10.6 Å². The third-order valence-electron chi connectivity index (χ3n) is 4.21. The van der Waals surface area contributed by atoms with Crippen molar-refractivity contribution in [2.24, 2.45) is 10.1 Å². The molecule has 0 amide bonds. The molecule has 0 saturated heterocycles. The fraction of sp³-hybridized carbons (Fsp3) is 0.235. The largest absolute Gasteiger partial charge is 0.496 e. The minimum atomic E-state index is -3.79. The van der Waals surface area contributed by atoms with Crippen molar-refractivity contribution in [3.63, 3.8) is 0 Å². The molecule has 0 bridgehead atoms. The van der Waals surface area contributed by atoms with Crippen LogP contribution in [0, 0.1) is 6.92 Å². The quantitative estimate of drug-likeness (QED) is 0.888. The fourth-order valence-electron chi connectivity index (χ4n) is 3.11. The molecule has 0 spiro atoms. The van der Waals surface area contributed by atoms with Crippen molar-refractivity contribution in [2.45, 2.75) is 24.7 Å². The Labute approximate surface area is 144 Å². The Morgan fingerprint density at radius 1 is 1.25 bits per heavy atom. The summed E-state index contributed by atoms with van der Waals surface area (Å²) in [5.41, 5.74) is 8.95. The zero-order valence-electron chi connectivity index (χ0n) is 13.7. The number of hydrogen-bond donors (Lipinski definition) is 2. The van der Waals surface area contributed by atoms with E-state index in [1.165, 1.54) is 0 Å². The number of aryl methyl sites for hydroxylation is 1. The summed E-state index contributed by atoms with van der Waals surface area (Å²) in [5, 5.41) is 2.92. The molecule has 1 heterocycles. The number of anilines is 1. The van der Waals surface area contributed by atoms with Gasteiger partial charge in [-0.15, -0.1) is 4.40 Å². The van der Waals surface area contributed by atoms with Gasteiger partial charge in [0.2, 0.25) is 5.96 Å². The van der Waals surface area contributed by atoms with Crippen LogP contribution in [0.1, 0.15) is 32.4 Å². The second kappa shape index (κ2) is 5.83. The van der Waals surface area contributed by atoms with Crippen molar-refractivity contribution >= 4 is 21.7 Å². The second-order valence-corrected chi connectivity index (χ2v) is 7.28. The molecule has 0 aliphatic carbocycles. The molecular formula is C17H23N3O3S. The molecule has 1 atom stereocenters. The predicted octanol–water partition coefficient (Wildman–Crippen LogP) is 3.08. The molecule has 3 rings (SSSR count). The lowest BCUT2D eigenvalue weighted by Gasteiger charge is -2.25. The number of guanidine groups is 1. The third-order valence-corrected chi connectivity index (χ3v) is 5.55. The highest BCUT2D eigenvalue weighted by Crippen LogP contribution is 2.41. The van der Waals surface area contributed by atoms with E-state index >= 15 is 0 Å². The van der Waals surface area contributed by atoms with Gasteiger partial charge < -0.3 is 15.8 Å². The molecule has 0 saturated carbocycles. The number of nitrogens with zero attached hydrogens (tertiary/aromatic N) is 1. The van der Waals surface area contributed by atoms with E-state index in [0.29, 0.717) is 5.69 Å². The van der Waals surface area contributed by atoms with Crippen molar-refractivity contribution in [1.29, 1.82) is 0 Å². The highest BCUT2D eigenvalue weighted by atomic mass is 32.2. The van der Waals surface area contributed by atoms with Gasteiger partial charge in [0.15, 0.2) is 0 Å². The maximum absolute atomic E-state index is 12.3. The lowest BCUT2D eigenvalue weighted by molar-refractivity contribution is 0.408. The van der Waals surface area contributed by atoms with Gasteiger partial charge in [-0.25, -0.2) is 0 Å². The molecule has 1 aliphatic heterocycles. The number of sulfonamides is 1. The molecule has 3 N–H and O–H groups in total. The minimum Gasteiger partial charge on any atom is -0.496 e. The van der Waals surface area contributed by atoms with Gasteiger partial charge in [0, 0.05) is 14.3 Å². The highest BCUT2D eigenvalue weighted by Gasteiger charge is 2.29. The van der Waals surface area contributed by atoms with Crippen molar-refractivity contribution in [3.8, 4) is 5.75 Å². The Morgan fingerprint density at radius 3 is 2.67 bits per heavy atom. The maximum Gasteiger partial charge on any atom is 0.287 e. The number of fused-ring (bicyclic) bond motifs is 1. The highest BCUT2D eigenvalue weighted by molar-refractivity contribution is 7.90. The van der Waals surface area contributed by atoms with Crippen LogP contribution >= 0.6 is 0 Å². The molecule has 0 unspecified atom stereocenters. The van der Waals surface area contributed by atoms with E-state index in [1.807, 2.05) is 38.1 Å². The first-order valence-electron chi connectivity index (χ1n) is 7.49. The first-order chi connectivity index (χ1) is 11.3. The van der Waals surface area contributed by atoms with Crippen LogP contribution in [0.25, 0.3) is 0 Å². The molecule has 0 radical (unpaired) electrons. The molecule has 24 heavy (non-hydrogen) atoms. The topological polar surface area (TPSA) is 93.8 Å². The summed E-state index contributed by atoms with van der Waals surface area (Å²) in [6.07, 6.45) is 0. The summed E-state index contributed by atoms with van der Waals surface area (Å²) in [6, 6.07) is 11.0. The molecule has 6 nitrogen and oxygen atoms in total. The number of benzene rings is 2. The molecule has 0 fully saturated rings. The zero-order chi connectivity index (χ0) is 17.5. The first-order valence-corrected chi connectivity index (χ1v) is 8.93. The molecule has 2 aromatic carbocycles. The number of rotatable bonds is 3. The van der Waals surface area contributed by atoms with E-state index < -0.39 is 10.0 Å². The van der Waals surface area contributed by atoms with Crippen LogP contribution in [0.5, 0.6) is 5.75 Å². The Kier molecular flexibility index (Phi) is 3.96. The summed E-state index contributed by atoms with van der Waals surface area (Å²) >= 11 is 0. The molecule has 1 aliphatic rings. The summed E-state index contributed by atoms with van der Waals surface area (Å²) in [6.45, 7) is 3.95. The van der Waals surface area contributed by atoms with Crippen molar-refractivity contribution in [3.05, 3.63) is 53.1 Å². The number of methoxy groups -OCH3 is 1. The van der Waals surface area contributed by atoms with E-state index in [-0.39, 0.29) is 19.6 Å². The average molecular weight is 349 g/mol. The average Bonchev–Trinajstić information content (AvgIpc) is 2.53. The number of para-hydroxylation sites is 1. The SMILES string of the molecule is COc1ccccc1[C@@H](C)c1c(C)ccc2c1NC(N)=NS2(=O)=O.[HH].[HH]. The van der Waals surface area contributed by atoms with E-state index in [2.05, 4.69) is 9.71 Å².